The minimum absolute atomic E-state index is 0.177. The van der Waals surface area contributed by atoms with Crippen LogP contribution < -0.4 is 15.4 Å². The zero-order valence-electron chi connectivity index (χ0n) is 17.2. The molecule has 0 spiro atoms. The fourth-order valence-electron chi connectivity index (χ4n) is 2.74. The Balaban J connectivity index is 1.59. The standard InChI is InChI=1S/C24H18N4O5/c25-15-18(24(30)27-20-7-4-8-21(14-20)28(31)32)13-17-9-11-22(12-10-17)33-16-23(29)26-19-5-2-1-3-6-19/h1-14H,16H2,(H,26,29)(H,27,30)/b18-13+. The predicted molar refractivity (Wildman–Crippen MR) is 122 cm³/mol. The first-order valence-electron chi connectivity index (χ1n) is 9.70. The normalized spacial score (nSPS) is 10.6. The van der Waals surface area contributed by atoms with Crippen LogP contribution in [0.5, 0.6) is 5.75 Å². The second-order valence-electron chi connectivity index (χ2n) is 6.70. The van der Waals surface area contributed by atoms with E-state index in [4.69, 9.17) is 4.74 Å². The molecule has 9 heteroatoms. The zero-order valence-corrected chi connectivity index (χ0v) is 17.2. The molecule has 2 N–H and O–H groups in total. The van der Waals surface area contributed by atoms with Crippen molar-refractivity contribution in [3.8, 4) is 11.8 Å². The molecular weight excluding hydrogens is 424 g/mol. The minimum Gasteiger partial charge on any atom is -0.484 e. The van der Waals surface area contributed by atoms with Gasteiger partial charge in [-0.25, -0.2) is 0 Å². The van der Waals surface area contributed by atoms with Gasteiger partial charge in [-0.2, -0.15) is 5.26 Å². The maximum Gasteiger partial charge on any atom is 0.271 e. The van der Waals surface area contributed by atoms with E-state index in [9.17, 15) is 25.0 Å². The molecule has 0 unspecified atom stereocenters. The monoisotopic (exact) mass is 442 g/mol. The first-order valence-corrected chi connectivity index (χ1v) is 9.70. The third kappa shape index (κ3) is 6.77. The summed E-state index contributed by atoms with van der Waals surface area (Å²) in [5, 5.41) is 25.4. The predicted octanol–water partition coefficient (Wildman–Crippen LogP) is 4.16. The largest absolute Gasteiger partial charge is 0.484 e. The average Bonchev–Trinajstić information content (AvgIpc) is 2.82. The van der Waals surface area contributed by atoms with E-state index in [1.807, 2.05) is 24.3 Å². The van der Waals surface area contributed by atoms with Crippen LogP contribution in [0.3, 0.4) is 0 Å². The lowest BCUT2D eigenvalue weighted by Crippen LogP contribution is -2.20. The highest BCUT2D eigenvalue weighted by Crippen LogP contribution is 2.19. The summed E-state index contributed by atoms with van der Waals surface area (Å²) in [6.07, 6.45) is 1.37. The van der Waals surface area contributed by atoms with Gasteiger partial charge in [0, 0.05) is 23.5 Å². The number of carbonyl (C=O) groups is 2. The Labute approximate surface area is 189 Å². The molecule has 0 bridgehead atoms. The number of nitriles is 1. The van der Waals surface area contributed by atoms with E-state index in [1.165, 1.54) is 30.3 Å². The van der Waals surface area contributed by atoms with Crippen LogP contribution in [0, 0.1) is 21.4 Å². The second-order valence-corrected chi connectivity index (χ2v) is 6.70. The quantitative estimate of drug-likeness (QED) is 0.233. The summed E-state index contributed by atoms with van der Waals surface area (Å²) >= 11 is 0. The van der Waals surface area contributed by atoms with E-state index in [0.717, 1.165) is 0 Å². The maximum absolute atomic E-state index is 12.4. The number of amides is 2. The van der Waals surface area contributed by atoms with Crippen molar-refractivity contribution in [2.24, 2.45) is 0 Å². The Morgan fingerprint density at radius 3 is 2.33 bits per heavy atom. The lowest BCUT2D eigenvalue weighted by Gasteiger charge is -2.08. The lowest BCUT2D eigenvalue weighted by molar-refractivity contribution is -0.384. The van der Waals surface area contributed by atoms with Crippen molar-refractivity contribution >= 4 is 35.0 Å². The van der Waals surface area contributed by atoms with Crippen LogP contribution in [-0.2, 0) is 9.59 Å². The van der Waals surface area contributed by atoms with Gasteiger partial charge in [-0.15, -0.1) is 0 Å². The number of carbonyl (C=O) groups excluding carboxylic acids is 2. The summed E-state index contributed by atoms with van der Waals surface area (Å²) in [7, 11) is 0. The van der Waals surface area contributed by atoms with Crippen LogP contribution in [0.1, 0.15) is 5.56 Å². The molecule has 9 nitrogen and oxygen atoms in total. The summed E-state index contributed by atoms with van der Waals surface area (Å²) in [6.45, 7) is -0.181. The highest BCUT2D eigenvalue weighted by molar-refractivity contribution is 6.09. The van der Waals surface area contributed by atoms with E-state index in [0.29, 0.717) is 17.0 Å². The molecule has 3 aromatic rings. The number of hydrogen-bond acceptors (Lipinski definition) is 6. The number of non-ortho nitro benzene ring substituents is 1. The Morgan fingerprint density at radius 2 is 1.67 bits per heavy atom. The fraction of sp³-hybridized carbons (Fsp3) is 0.0417. The molecule has 0 saturated heterocycles. The number of ether oxygens (including phenoxy) is 1. The van der Waals surface area contributed by atoms with Crippen LogP contribution in [0.2, 0.25) is 0 Å². The molecule has 33 heavy (non-hydrogen) atoms. The van der Waals surface area contributed by atoms with Crippen molar-refractivity contribution in [3.05, 3.63) is 100 Å². The van der Waals surface area contributed by atoms with Gasteiger partial charge in [0.1, 0.15) is 17.4 Å². The number of nitrogens with zero attached hydrogens (tertiary/aromatic N) is 2. The number of nitro benzene ring substituents is 1. The highest BCUT2D eigenvalue weighted by Gasteiger charge is 2.12. The molecule has 0 radical (unpaired) electrons. The molecule has 3 aromatic carbocycles. The molecule has 3 rings (SSSR count). The van der Waals surface area contributed by atoms with E-state index < -0.39 is 10.8 Å². The first kappa shape index (κ1) is 22.7. The molecule has 0 saturated carbocycles. The third-order valence-corrected chi connectivity index (χ3v) is 4.30. The van der Waals surface area contributed by atoms with E-state index in [1.54, 1.807) is 36.4 Å². The first-order chi connectivity index (χ1) is 15.9. The van der Waals surface area contributed by atoms with Gasteiger partial charge in [0.05, 0.1) is 4.92 Å². The van der Waals surface area contributed by atoms with Gasteiger partial charge in [0.25, 0.3) is 17.5 Å². The number of nitrogens with one attached hydrogen (secondary N) is 2. The van der Waals surface area contributed by atoms with Crippen LogP contribution in [0.15, 0.2) is 84.4 Å². The average molecular weight is 442 g/mol. The lowest BCUT2D eigenvalue weighted by atomic mass is 10.1. The molecule has 2 amide bonds. The molecule has 0 aromatic heterocycles. The number of anilines is 2. The minimum atomic E-state index is -0.698. The smallest absolute Gasteiger partial charge is 0.271 e. The van der Waals surface area contributed by atoms with E-state index in [2.05, 4.69) is 10.6 Å². The summed E-state index contributed by atoms with van der Waals surface area (Å²) in [4.78, 5) is 34.6. The number of benzene rings is 3. The second kappa shape index (κ2) is 10.9. The van der Waals surface area contributed by atoms with E-state index in [-0.39, 0.29) is 29.5 Å². The van der Waals surface area contributed by atoms with Crippen LogP contribution in [0.4, 0.5) is 17.1 Å². The van der Waals surface area contributed by atoms with Gasteiger partial charge >= 0.3 is 0 Å². The Hall–Kier alpha value is -4.97. The number of para-hydroxylation sites is 1. The van der Waals surface area contributed by atoms with Gasteiger partial charge in [-0.05, 0) is 42.0 Å². The molecule has 0 heterocycles. The van der Waals surface area contributed by atoms with Crippen LogP contribution in [-0.4, -0.2) is 23.3 Å². The van der Waals surface area contributed by atoms with Crippen molar-refractivity contribution in [2.45, 2.75) is 0 Å². The Morgan fingerprint density at radius 1 is 0.970 bits per heavy atom. The zero-order chi connectivity index (χ0) is 23.6. The molecule has 0 atom stereocenters. The van der Waals surface area contributed by atoms with Gasteiger partial charge in [0.2, 0.25) is 0 Å². The van der Waals surface area contributed by atoms with Crippen molar-refractivity contribution in [3.63, 3.8) is 0 Å². The summed E-state index contributed by atoms with van der Waals surface area (Å²) in [5.74, 6) is -0.569. The van der Waals surface area contributed by atoms with Crippen LogP contribution in [0.25, 0.3) is 6.08 Å². The topological polar surface area (TPSA) is 134 Å². The highest BCUT2D eigenvalue weighted by atomic mass is 16.6. The van der Waals surface area contributed by atoms with Crippen molar-refractivity contribution in [2.75, 3.05) is 17.2 Å². The van der Waals surface area contributed by atoms with Crippen molar-refractivity contribution < 1.29 is 19.2 Å². The maximum atomic E-state index is 12.4. The number of nitro groups is 1. The molecule has 0 fully saturated rings. The number of hydrogen-bond donors (Lipinski definition) is 2. The van der Waals surface area contributed by atoms with Crippen molar-refractivity contribution in [1.82, 2.24) is 0 Å². The Kier molecular flexibility index (Phi) is 7.49. The molecular formula is C24H18N4O5. The molecule has 0 aliphatic heterocycles. The fourth-order valence-corrected chi connectivity index (χ4v) is 2.74. The SMILES string of the molecule is N#C/C(=C\c1ccc(OCC(=O)Nc2ccccc2)cc1)C(=O)Nc1cccc([N+](=O)[O-])c1. The summed E-state index contributed by atoms with van der Waals surface area (Å²) in [6, 6.07) is 22.7. The Bertz CT molecular complexity index is 1230. The van der Waals surface area contributed by atoms with Gasteiger partial charge in [0.15, 0.2) is 6.61 Å². The van der Waals surface area contributed by atoms with Crippen molar-refractivity contribution in [1.29, 1.82) is 5.26 Å². The number of rotatable bonds is 8. The summed E-state index contributed by atoms with van der Waals surface area (Å²) in [5.41, 5.74) is 1.06. The van der Waals surface area contributed by atoms with E-state index >= 15 is 0 Å². The van der Waals surface area contributed by atoms with Gasteiger partial charge < -0.3 is 15.4 Å². The van der Waals surface area contributed by atoms with Gasteiger partial charge in [-0.3, -0.25) is 19.7 Å². The van der Waals surface area contributed by atoms with Crippen LogP contribution >= 0.6 is 0 Å². The molecule has 164 valence electrons. The molecule has 0 aliphatic carbocycles. The third-order valence-electron chi connectivity index (χ3n) is 4.30. The van der Waals surface area contributed by atoms with Gasteiger partial charge in [-0.1, -0.05) is 36.4 Å². The molecule has 0 aliphatic rings. The summed E-state index contributed by atoms with van der Waals surface area (Å²) < 4.78 is 5.45.